The Morgan fingerprint density at radius 1 is 0.931 bits per heavy atom. The van der Waals surface area contributed by atoms with Gasteiger partial charge >= 0.3 is 0 Å². The number of aliphatic hydroxyl groups is 1. The Labute approximate surface area is 169 Å². The normalized spacial score (nSPS) is 29.2. The first kappa shape index (κ1) is 18.5. The third kappa shape index (κ3) is 2.46. The molecule has 1 N–H and O–H groups in total. The first-order chi connectivity index (χ1) is 14.1. The summed E-state index contributed by atoms with van der Waals surface area (Å²) in [6.07, 6.45) is -0.0237. The van der Waals surface area contributed by atoms with E-state index in [2.05, 4.69) is 4.90 Å². The number of ketones is 1. The molecule has 1 amide bonds. The highest BCUT2D eigenvalue weighted by atomic mass is 16.5. The Morgan fingerprint density at radius 2 is 1.62 bits per heavy atom. The highest BCUT2D eigenvalue weighted by molar-refractivity contribution is 6.14. The van der Waals surface area contributed by atoms with E-state index in [1.165, 1.54) is 4.90 Å². The second kappa shape index (κ2) is 6.76. The maximum absolute atomic E-state index is 13.6. The fourth-order valence-corrected chi connectivity index (χ4v) is 5.20. The van der Waals surface area contributed by atoms with Crippen LogP contribution in [0.4, 0.5) is 0 Å². The zero-order valence-electron chi connectivity index (χ0n) is 16.2. The van der Waals surface area contributed by atoms with Gasteiger partial charge in [0, 0.05) is 43.7 Å². The van der Waals surface area contributed by atoms with Crippen molar-refractivity contribution in [3.8, 4) is 0 Å². The molecule has 0 aromatic heterocycles. The lowest BCUT2D eigenvalue weighted by Crippen LogP contribution is -2.55. The maximum atomic E-state index is 13.6. The molecule has 6 heteroatoms. The topological polar surface area (TPSA) is 70.1 Å². The van der Waals surface area contributed by atoms with E-state index < -0.39 is 11.1 Å². The van der Waals surface area contributed by atoms with E-state index in [1.54, 1.807) is 18.2 Å². The van der Waals surface area contributed by atoms with Gasteiger partial charge in [-0.3, -0.25) is 14.5 Å². The van der Waals surface area contributed by atoms with Crippen LogP contribution in [0.15, 0.2) is 54.6 Å². The largest absolute Gasteiger partial charge is 0.379 e. The average Bonchev–Trinajstić information content (AvgIpc) is 3.11. The smallest absolute Gasteiger partial charge is 0.226 e. The van der Waals surface area contributed by atoms with Gasteiger partial charge in [0.15, 0.2) is 11.5 Å². The van der Waals surface area contributed by atoms with E-state index in [-0.39, 0.29) is 18.1 Å². The molecule has 0 saturated carbocycles. The van der Waals surface area contributed by atoms with Gasteiger partial charge in [-0.05, 0) is 5.56 Å². The molecule has 2 fully saturated rings. The molecule has 2 aromatic carbocycles. The third-order valence-corrected chi connectivity index (χ3v) is 6.65. The highest BCUT2D eigenvalue weighted by Crippen LogP contribution is 2.59. The lowest BCUT2D eigenvalue weighted by atomic mass is 9.71. The molecule has 0 bridgehead atoms. The molecule has 6 nitrogen and oxygen atoms in total. The van der Waals surface area contributed by atoms with Crippen molar-refractivity contribution in [2.45, 2.75) is 17.6 Å². The molecule has 3 aliphatic rings. The molecule has 2 aromatic rings. The van der Waals surface area contributed by atoms with Gasteiger partial charge in [0.1, 0.15) is 5.41 Å². The number of nitrogens with zero attached hydrogens (tertiary/aromatic N) is 2. The van der Waals surface area contributed by atoms with Crippen LogP contribution in [-0.4, -0.2) is 66.0 Å². The van der Waals surface area contributed by atoms with Crippen LogP contribution in [0.3, 0.4) is 0 Å². The van der Waals surface area contributed by atoms with Crippen LogP contribution >= 0.6 is 0 Å². The third-order valence-electron chi connectivity index (χ3n) is 6.65. The molecule has 0 radical (unpaired) electrons. The fourth-order valence-electron chi connectivity index (χ4n) is 5.20. The standard InChI is InChI=1S/C23H24N2O4/c26-20-16-22(17-6-2-1-3-7-17)21(27)18-8-4-5-9-19(18)23(22,28)25(20)11-10-24-12-14-29-15-13-24/h1-9,28H,10-16H2/t22-,23+/m0/s1. The number of morpholine rings is 1. The van der Waals surface area contributed by atoms with Gasteiger partial charge < -0.3 is 14.7 Å². The Bertz CT molecular complexity index is 956. The number of amides is 1. The zero-order valence-corrected chi connectivity index (χ0v) is 16.2. The van der Waals surface area contributed by atoms with Gasteiger partial charge in [-0.1, -0.05) is 54.6 Å². The van der Waals surface area contributed by atoms with E-state index in [0.29, 0.717) is 43.0 Å². The minimum atomic E-state index is -1.68. The summed E-state index contributed by atoms with van der Waals surface area (Å²) in [4.78, 5) is 30.6. The second-order valence-electron chi connectivity index (χ2n) is 7.99. The van der Waals surface area contributed by atoms with E-state index in [4.69, 9.17) is 4.74 Å². The molecular formula is C23H24N2O4. The number of Topliss-reactive ketones (excluding diaryl/α,β-unsaturated/α-hetero) is 1. The molecular weight excluding hydrogens is 368 g/mol. The van der Waals surface area contributed by atoms with Crippen molar-refractivity contribution < 1.29 is 19.4 Å². The molecule has 2 aliphatic heterocycles. The Kier molecular flexibility index (Phi) is 4.31. The van der Waals surface area contributed by atoms with Gasteiger partial charge in [-0.2, -0.15) is 0 Å². The Morgan fingerprint density at radius 3 is 2.38 bits per heavy atom. The summed E-state index contributed by atoms with van der Waals surface area (Å²) in [7, 11) is 0. The predicted octanol–water partition coefficient (Wildman–Crippen LogP) is 1.53. The number of carbonyl (C=O) groups excluding carboxylic acids is 2. The molecule has 0 spiro atoms. The van der Waals surface area contributed by atoms with Gasteiger partial charge in [0.05, 0.1) is 13.2 Å². The van der Waals surface area contributed by atoms with Crippen LogP contribution < -0.4 is 0 Å². The van der Waals surface area contributed by atoms with Gasteiger partial charge in [-0.15, -0.1) is 0 Å². The summed E-state index contributed by atoms with van der Waals surface area (Å²) >= 11 is 0. The molecule has 29 heavy (non-hydrogen) atoms. The summed E-state index contributed by atoms with van der Waals surface area (Å²) in [6, 6.07) is 16.4. The first-order valence-electron chi connectivity index (χ1n) is 10.1. The SMILES string of the molecule is O=C1C[C@]2(c3ccccc3)C(=O)c3ccccc3[C@]2(O)N1CCN1CCOCC1. The van der Waals surface area contributed by atoms with Crippen LogP contribution in [0, 0.1) is 0 Å². The minimum Gasteiger partial charge on any atom is -0.379 e. The van der Waals surface area contributed by atoms with Crippen molar-refractivity contribution >= 4 is 11.7 Å². The number of ether oxygens (including phenoxy) is 1. The average molecular weight is 392 g/mol. The summed E-state index contributed by atoms with van der Waals surface area (Å²) in [5, 5.41) is 12.2. The summed E-state index contributed by atoms with van der Waals surface area (Å²) in [6.45, 7) is 3.96. The first-order valence-corrected chi connectivity index (χ1v) is 10.1. The number of carbonyl (C=O) groups is 2. The van der Waals surface area contributed by atoms with Gasteiger partial charge in [0.2, 0.25) is 5.91 Å². The van der Waals surface area contributed by atoms with E-state index in [1.807, 2.05) is 36.4 Å². The molecule has 2 saturated heterocycles. The van der Waals surface area contributed by atoms with Crippen LogP contribution in [0.5, 0.6) is 0 Å². The Balaban J connectivity index is 1.60. The number of fused-ring (bicyclic) bond motifs is 3. The maximum Gasteiger partial charge on any atom is 0.226 e. The lowest BCUT2D eigenvalue weighted by molar-refractivity contribution is -0.153. The number of likely N-dealkylation sites (tertiary alicyclic amines) is 1. The zero-order chi connectivity index (χ0) is 20.1. The fraction of sp³-hybridized carbons (Fsp3) is 0.391. The highest BCUT2D eigenvalue weighted by Gasteiger charge is 2.72. The number of hydrogen-bond acceptors (Lipinski definition) is 5. The van der Waals surface area contributed by atoms with Gasteiger partial charge in [0.25, 0.3) is 0 Å². The summed E-state index contributed by atoms with van der Waals surface area (Å²) in [5.74, 6) is -0.364. The molecule has 1 aliphatic carbocycles. The molecule has 5 rings (SSSR count). The van der Waals surface area contributed by atoms with Crippen molar-refractivity contribution in [2.75, 3.05) is 39.4 Å². The van der Waals surface area contributed by atoms with Crippen molar-refractivity contribution in [3.05, 3.63) is 71.3 Å². The molecule has 2 atom stereocenters. The van der Waals surface area contributed by atoms with Crippen molar-refractivity contribution in [3.63, 3.8) is 0 Å². The molecule has 0 unspecified atom stereocenters. The van der Waals surface area contributed by atoms with E-state index >= 15 is 0 Å². The summed E-state index contributed by atoms with van der Waals surface area (Å²) < 4.78 is 5.40. The second-order valence-corrected chi connectivity index (χ2v) is 7.99. The van der Waals surface area contributed by atoms with Crippen molar-refractivity contribution in [2.24, 2.45) is 0 Å². The van der Waals surface area contributed by atoms with Crippen LogP contribution in [0.2, 0.25) is 0 Å². The lowest BCUT2D eigenvalue weighted by Gasteiger charge is -2.41. The molecule has 150 valence electrons. The van der Waals surface area contributed by atoms with Crippen LogP contribution in [0.25, 0.3) is 0 Å². The van der Waals surface area contributed by atoms with E-state index in [0.717, 1.165) is 13.1 Å². The van der Waals surface area contributed by atoms with Gasteiger partial charge in [-0.25, -0.2) is 0 Å². The van der Waals surface area contributed by atoms with Crippen molar-refractivity contribution in [1.29, 1.82) is 0 Å². The van der Waals surface area contributed by atoms with Crippen molar-refractivity contribution in [1.82, 2.24) is 9.80 Å². The quantitative estimate of drug-likeness (QED) is 0.855. The molecule has 2 heterocycles. The predicted molar refractivity (Wildman–Crippen MR) is 106 cm³/mol. The van der Waals surface area contributed by atoms with Crippen LogP contribution in [-0.2, 0) is 20.7 Å². The van der Waals surface area contributed by atoms with E-state index in [9.17, 15) is 14.7 Å². The minimum absolute atomic E-state index is 0.0237. The van der Waals surface area contributed by atoms with Crippen LogP contribution in [0.1, 0.15) is 27.9 Å². The number of hydrogen-bond donors (Lipinski definition) is 1. The Hall–Kier alpha value is -2.54. The monoisotopic (exact) mass is 392 g/mol. The number of rotatable bonds is 4. The summed E-state index contributed by atoms with van der Waals surface area (Å²) in [5.41, 5.74) is -1.26. The number of benzene rings is 2.